The third-order valence-electron chi connectivity index (χ3n) is 4.42. The van der Waals surface area contributed by atoms with Crippen molar-refractivity contribution in [2.75, 3.05) is 12.0 Å². The number of ether oxygens (including phenoxy) is 1. The van der Waals surface area contributed by atoms with Crippen molar-refractivity contribution in [3.8, 4) is 5.75 Å². The first kappa shape index (κ1) is 18.2. The normalized spacial score (nSPS) is 15.1. The minimum Gasteiger partial charge on any atom is -0.496 e. The highest BCUT2D eigenvalue weighted by molar-refractivity contribution is 9.10. The van der Waals surface area contributed by atoms with Gasteiger partial charge < -0.3 is 4.74 Å². The Bertz CT molecular complexity index is 1090. The van der Waals surface area contributed by atoms with Crippen LogP contribution in [0.2, 0.25) is 0 Å². The molecule has 4 rings (SSSR count). The summed E-state index contributed by atoms with van der Waals surface area (Å²) in [6, 6.07) is 24.8. The Morgan fingerprint density at radius 1 is 0.929 bits per heavy atom. The van der Waals surface area contributed by atoms with Crippen molar-refractivity contribution >= 4 is 39.4 Å². The van der Waals surface area contributed by atoms with Crippen LogP contribution in [-0.4, -0.2) is 18.9 Å². The van der Waals surface area contributed by atoms with E-state index in [9.17, 15) is 4.79 Å². The molecule has 3 aromatic carbocycles. The summed E-state index contributed by atoms with van der Waals surface area (Å²) in [4.78, 5) is 19.6. The van der Waals surface area contributed by atoms with Crippen LogP contribution in [0.4, 0.5) is 5.69 Å². The lowest BCUT2D eigenvalue weighted by Crippen LogP contribution is -2.32. The average molecular weight is 433 g/mol. The van der Waals surface area contributed by atoms with Crippen molar-refractivity contribution in [1.82, 2.24) is 0 Å². The maximum atomic E-state index is 13.3. The Morgan fingerprint density at radius 3 is 2.36 bits per heavy atom. The fourth-order valence-corrected chi connectivity index (χ4v) is 3.55. The highest BCUT2D eigenvalue weighted by Crippen LogP contribution is 2.31. The van der Waals surface area contributed by atoms with E-state index in [2.05, 4.69) is 15.9 Å². The van der Waals surface area contributed by atoms with Crippen LogP contribution in [0.15, 0.2) is 94.0 Å². The van der Waals surface area contributed by atoms with E-state index in [1.807, 2.05) is 78.9 Å². The predicted octanol–water partition coefficient (Wildman–Crippen LogP) is 5.29. The summed E-state index contributed by atoms with van der Waals surface area (Å²) >= 11 is 3.58. The Hall–Kier alpha value is -3.18. The monoisotopic (exact) mass is 432 g/mol. The molecule has 1 heterocycles. The van der Waals surface area contributed by atoms with Gasteiger partial charge in [0.05, 0.1) is 12.8 Å². The van der Waals surface area contributed by atoms with Crippen LogP contribution in [0.25, 0.3) is 6.08 Å². The molecule has 0 bridgehead atoms. The average Bonchev–Trinajstić information content (AvgIpc) is 3.05. The smallest absolute Gasteiger partial charge is 0.282 e. The number of rotatable bonds is 4. The third-order valence-corrected chi connectivity index (χ3v) is 5.11. The van der Waals surface area contributed by atoms with Gasteiger partial charge in [0.1, 0.15) is 17.3 Å². The topological polar surface area (TPSA) is 41.9 Å². The molecule has 0 N–H and O–H groups in total. The number of benzene rings is 3. The predicted molar refractivity (Wildman–Crippen MR) is 116 cm³/mol. The molecule has 1 aliphatic heterocycles. The number of halogens is 1. The van der Waals surface area contributed by atoms with Crippen molar-refractivity contribution in [3.63, 3.8) is 0 Å². The number of hydrogen-bond donors (Lipinski definition) is 0. The van der Waals surface area contributed by atoms with E-state index >= 15 is 0 Å². The van der Waals surface area contributed by atoms with E-state index in [-0.39, 0.29) is 5.91 Å². The Balaban J connectivity index is 1.87. The lowest BCUT2D eigenvalue weighted by Gasteiger charge is -2.19. The van der Waals surface area contributed by atoms with Gasteiger partial charge in [-0.25, -0.2) is 4.99 Å². The van der Waals surface area contributed by atoms with Crippen molar-refractivity contribution in [2.45, 2.75) is 0 Å². The Labute approximate surface area is 171 Å². The first-order valence-corrected chi connectivity index (χ1v) is 9.56. The van der Waals surface area contributed by atoms with E-state index in [4.69, 9.17) is 9.73 Å². The zero-order chi connectivity index (χ0) is 19.5. The summed E-state index contributed by atoms with van der Waals surface area (Å²) in [5, 5.41) is 0. The first-order valence-electron chi connectivity index (χ1n) is 8.77. The highest BCUT2D eigenvalue weighted by Gasteiger charge is 2.33. The summed E-state index contributed by atoms with van der Waals surface area (Å²) in [6.45, 7) is 0. The van der Waals surface area contributed by atoms with Gasteiger partial charge in [-0.05, 0) is 30.3 Å². The fraction of sp³-hybridized carbons (Fsp3) is 0.0435. The van der Waals surface area contributed by atoms with Gasteiger partial charge in [-0.1, -0.05) is 70.5 Å². The summed E-state index contributed by atoms with van der Waals surface area (Å²) in [5.41, 5.74) is 2.78. The van der Waals surface area contributed by atoms with Crippen LogP contribution in [0.1, 0.15) is 11.1 Å². The molecule has 0 unspecified atom stereocenters. The number of hydrogen-bond acceptors (Lipinski definition) is 3. The van der Waals surface area contributed by atoms with Crippen LogP contribution in [0.3, 0.4) is 0 Å². The van der Waals surface area contributed by atoms with Gasteiger partial charge in [0.2, 0.25) is 0 Å². The third kappa shape index (κ3) is 3.37. The fourth-order valence-electron chi connectivity index (χ4n) is 3.09. The molecule has 0 aliphatic carbocycles. The largest absolute Gasteiger partial charge is 0.496 e. The highest BCUT2D eigenvalue weighted by atomic mass is 79.9. The van der Waals surface area contributed by atoms with E-state index in [1.165, 1.54) is 0 Å². The second-order valence-corrected chi connectivity index (χ2v) is 7.02. The van der Waals surface area contributed by atoms with E-state index < -0.39 is 0 Å². The van der Waals surface area contributed by atoms with Gasteiger partial charge >= 0.3 is 0 Å². The minimum atomic E-state index is -0.178. The van der Waals surface area contributed by atoms with Gasteiger partial charge in [-0.3, -0.25) is 9.69 Å². The van der Waals surface area contributed by atoms with Crippen molar-refractivity contribution in [1.29, 1.82) is 0 Å². The number of carbonyl (C=O) groups is 1. The molecule has 0 atom stereocenters. The molecular weight excluding hydrogens is 416 g/mol. The molecule has 0 saturated carbocycles. The van der Waals surface area contributed by atoms with Crippen LogP contribution >= 0.6 is 15.9 Å². The SMILES string of the molecule is COc1ccccc1/C=C1/N=C(c2ccccc2Br)N(c2ccccc2)C1=O. The van der Waals surface area contributed by atoms with Crippen molar-refractivity contribution < 1.29 is 9.53 Å². The second kappa shape index (κ2) is 7.82. The zero-order valence-electron chi connectivity index (χ0n) is 15.2. The first-order chi connectivity index (χ1) is 13.7. The lowest BCUT2D eigenvalue weighted by molar-refractivity contribution is -0.113. The molecule has 5 heteroatoms. The molecule has 0 aromatic heterocycles. The zero-order valence-corrected chi connectivity index (χ0v) is 16.8. The van der Waals surface area contributed by atoms with E-state index in [0.717, 1.165) is 21.3 Å². The van der Waals surface area contributed by atoms with Gasteiger partial charge in [0, 0.05) is 15.6 Å². The molecule has 0 radical (unpaired) electrons. The standard InChI is InChI=1S/C23H17BrN2O2/c1-28-21-14-8-5-9-16(21)15-20-23(27)26(17-10-3-2-4-11-17)22(25-20)18-12-6-7-13-19(18)24/h2-15H,1H3/b20-15+. The minimum absolute atomic E-state index is 0.178. The van der Waals surface area contributed by atoms with Crippen LogP contribution in [-0.2, 0) is 4.79 Å². The quantitative estimate of drug-likeness (QED) is 0.525. The molecule has 28 heavy (non-hydrogen) atoms. The molecular formula is C23H17BrN2O2. The molecule has 1 aliphatic rings. The number of aliphatic imine (C=N–C) groups is 1. The van der Waals surface area contributed by atoms with Crippen LogP contribution in [0.5, 0.6) is 5.75 Å². The lowest BCUT2D eigenvalue weighted by atomic mass is 10.1. The van der Waals surface area contributed by atoms with Crippen LogP contribution in [0, 0.1) is 0 Å². The molecule has 4 nitrogen and oxygen atoms in total. The Morgan fingerprint density at radius 2 is 1.61 bits per heavy atom. The maximum Gasteiger partial charge on any atom is 0.282 e. The summed E-state index contributed by atoms with van der Waals surface area (Å²) in [6.07, 6.45) is 1.76. The number of carbonyl (C=O) groups excluding carboxylic acids is 1. The number of nitrogens with zero attached hydrogens (tertiary/aromatic N) is 2. The molecule has 0 fully saturated rings. The van der Waals surface area contributed by atoms with Gasteiger partial charge in [0.15, 0.2) is 0 Å². The van der Waals surface area contributed by atoms with Gasteiger partial charge in [0.25, 0.3) is 5.91 Å². The molecule has 0 spiro atoms. The van der Waals surface area contributed by atoms with Crippen molar-refractivity contribution in [3.05, 3.63) is 100 Å². The second-order valence-electron chi connectivity index (χ2n) is 6.16. The summed E-state index contributed by atoms with van der Waals surface area (Å²) in [7, 11) is 1.61. The molecule has 0 saturated heterocycles. The molecule has 1 amide bonds. The number of methoxy groups -OCH3 is 1. The molecule has 3 aromatic rings. The number of amidine groups is 1. The van der Waals surface area contributed by atoms with Crippen molar-refractivity contribution in [2.24, 2.45) is 4.99 Å². The van der Waals surface area contributed by atoms with Gasteiger partial charge in [-0.15, -0.1) is 0 Å². The summed E-state index contributed by atoms with van der Waals surface area (Å²) in [5.74, 6) is 1.10. The van der Waals surface area contributed by atoms with Gasteiger partial charge in [-0.2, -0.15) is 0 Å². The summed E-state index contributed by atoms with van der Waals surface area (Å²) < 4.78 is 6.28. The Kier molecular flexibility index (Phi) is 5.08. The van der Waals surface area contributed by atoms with E-state index in [1.54, 1.807) is 18.1 Å². The number of anilines is 1. The number of amides is 1. The molecule has 138 valence electrons. The van der Waals surface area contributed by atoms with Crippen LogP contribution < -0.4 is 9.64 Å². The maximum absolute atomic E-state index is 13.3. The van der Waals surface area contributed by atoms with E-state index in [0.29, 0.717) is 17.3 Å². The number of para-hydroxylation sites is 2.